The highest BCUT2D eigenvalue weighted by Gasteiger charge is 2.48. The summed E-state index contributed by atoms with van der Waals surface area (Å²) in [5, 5.41) is 0. The molecule has 4 aliphatic rings. The van der Waals surface area contributed by atoms with Crippen LogP contribution in [0.4, 0.5) is 0 Å². The summed E-state index contributed by atoms with van der Waals surface area (Å²) in [6.07, 6.45) is 6.76. The van der Waals surface area contributed by atoms with Crippen molar-refractivity contribution in [2.45, 2.75) is 18.9 Å². The molecule has 0 radical (unpaired) electrons. The number of pyridine rings is 1. The first kappa shape index (κ1) is 13.7. The van der Waals surface area contributed by atoms with Gasteiger partial charge in [0.1, 0.15) is 11.9 Å². The molecule has 2 unspecified atom stereocenters. The van der Waals surface area contributed by atoms with Crippen LogP contribution in [0.15, 0.2) is 22.9 Å². The fraction of sp³-hybridized carbons (Fsp3) is 0.643. The second kappa shape index (κ2) is 5.23. The van der Waals surface area contributed by atoms with Crippen molar-refractivity contribution in [3.05, 3.63) is 22.9 Å². The fourth-order valence-electron chi connectivity index (χ4n) is 4.17. The summed E-state index contributed by atoms with van der Waals surface area (Å²) in [6, 6.07) is 2.03. The molecule has 0 spiro atoms. The van der Waals surface area contributed by atoms with Crippen LogP contribution in [0.1, 0.15) is 12.8 Å². The number of nitrogens with zero attached hydrogens (tertiary/aromatic N) is 2. The van der Waals surface area contributed by atoms with Gasteiger partial charge in [-0.05, 0) is 40.8 Å². The van der Waals surface area contributed by atoms with Gasteiger partial charge in [-0.25, -0.2) is 0 Å². The molecule has 0 N–H and O–H groups in total. The van der Waals surface area contributed by atoms with Gasteiger partial charge in [0.2, 0.25) is 0 Å². The van der Waals surface area contributed by atoms with Crippen molar-refractivity contribution >= 4 is 28.3 Å². The lowest BCUT2D eigenvalue weighted by molar-refractivity contribution is -0.0985. The zero-order chi connectivity index (χ0) is 12.1. The number of piperidine rings is 3. The van der Waals surface area contributed by atoms with Gasteiger partial charge in [0.25, 0.3) is 0 Å². The van der Waals surface area contributed by atoms with Crippen LogP contribution in [0.25, 0.3) is 0 Å². The average Bonchev–Trinajstić information content (AvgIpc) is 2.33. The Kier molecular flexibility index (Phi) is 3.76. The largest absolute Gasteiger partial charge is 0.488 e. The fourth-order valence-corrected chi connectivity index (χ4v) is 4.51. The highest BCUT2D eigenvalue weighted by molar-refractivity contribution is 9.10. The Labute approximate surface area is 128 Å². The molecule has 104 valence electrons. The van der Waals surface area contributed by atoms with E-state index in [1.807, 2.05) is 12.3 Å². The monoisotopic (exact) mass is 344 g/mol. The number of ether oxygens (including phenoxy) is 1. The molecule has 5 heteroatoms. The van der Waals surface area contributed by atoms with Crippen LogP contribution in [0, 0.1) is 17.8 Å². The SMILES string of the molecule is Brc1cncc(OC2C3CC4CC2CN(C4)C3)c1.Cl. The molecule has 19 heavy (non-hydrogen) atoms. The second-order valence-corrected chi connectivity index (χ2v) is 6.91. The van der Waals surface area contributed by atoms with Crippen LogP contribution in [0.2, 0.25) is 0 Å². The van der Waals surface area contributed by atoms with E-state index >= 15 is 0 Å². The maximum absolute atomic E-state index is 6.25. The highest BCUT2D eigenvalue weighted by atomic mass is 79.9. The minimum Gasteiger partial charge on any atom is -0.488 e. The molecule has 1 aromatic rings. The smallest absolute Gasteiger partial charge is 0.139 e. The number of hydrogen-bond acceptors (Lipinski definition) is 3. The first-order valence-corrected chi connectivity index (χ1v) is 7.57. The molecule has 1 aromatic heterocycles. The third-order valence-electron chi connectivity index (χ3n) is 4.66. The summed E-state index contributed by atoms with van der Waals surface area (Å²) in [4.78, 5) is 6.82. The predicted molar refractivity (Wildman–Crippen MR) is 79.7 cm³/mol. The molecule has 1 saturated carbocycles. The number of halogens is 2. The highest BCUT2D eigenvalue weighted by Crippen LogP contribution is 2.44. The van der Waals surface area contributed by atoms with E-state index in [1.54, 1.807) is 6.20 Å². The molecule has 0 amide bonds. The van der Waals surface area contributed by atoms with Crippen LogP contribution in [0.3, 0.4) is 0 Å². The standard InChI is InChI=1S/C14H17BrN2O.ClH/c15-12-3-13(5-16-4-12)18-14-10-1-9-2-11(14)8-17(6-9)7-10;/h3-5,9-11,14H,1-2,6-8H2;1H. The zero-order valence-electron chi connectivity index (χ0n) is 10.7. The van der Waals surface area contributed by atoms with Gasteiger partial charge in [-0.2, -0.15) is 0 Å². The minimum atomic E-state index is 0. The van der Waals surface area contributed by atoms with Gasteiger partial charge < -0.3 is 9.64 Å². The Balaban J connectivity index is 0.00000110. The number of aromatic nitrogens is 1. The first-order chi connectivity index (χ1) is 8.78. The van der Waals surface area contributed by atoms with Crippen molar-refractivity contribution in [2.24, 2.45) is 17.8 Å². The number of rotatable bonds is 2. The quantitative estimate of drug-likeness (QED) is 0.824. The van der Waals surface area contributed by atoms with Crippen LogP contribution in [0.5, 0.6) is 5.75 Å². The van der Waals surface area contributed by atoms with Gasteiger partial charge in [-0.3, -0.25) is 4.98 Å². The lowest BCUT2D eigenvalue weighted by Gasteiger charge is -2.55. The van der Waals surface area contributed by atoms with Gasteiger partial charge in [-0.15, -0.1) is 12.4 Å². The normalized spacial score (nSPS) is 38.9. The summed E-state index contributed by atoms with van der Waals surface area (Å²) in [7, 11) is 0. The Bertz CT molecular complexity index is 443. The lowest BCUT2D eigenvalue weighted by Crippen LogP contribution is -2.61. The van der Waals surface area contributed by atoms with Crippen molar-refractivity contribution < 1.29 is 4.74 Å². The Morgan fingerprint density at radius 1 is 1.16 bits per heavy atom. The molecule has 1 aliphatic carbocycles. The Morgan fingerprint density at radius 2 is 1.89 bits per heavy atom. The average molecular weight is 346 g/mol. The van der Waals surface area contributed by atoms with E-state index in [9.17, 15) is 0 Å². The first-order valence-electron chi connectivity index (χ1n) is 6.77. The second-order valence-electron chi connectivity index (χ2n) is 6.00. The third kappa shape index (κ3) is 2.50. The van der Waals surface area contributed by atoms with Crippen molar-refractivity contribution in [1.29, 1.82) is 0 Å². The van der Waals surface area contributed by atoms with E-state index in [-0.39, 0.29) is 12.4 Å². The Morgan fingerprint density at radius 3 is 2.53 bits per heavy atom. The zero-order valence-corrected chi connectivity index (χ0v) is 13.1. The van der Waals surface area contributed by atoms with Gasteiger partial charge in [0, 0.05) is 42.1 Å². The van der Waals surface area contributed by atoms with Crippen molar-refractivity contribution in [3.8, 4) is 5.75 Å². The molecular formula is C14H18BrClN2O. The van der Waals surface area contributed by atoms with Crippen LogP contribution in [-0.4, -0.2) is 35.6 Å². The molecule has 0 aromatic carbocycles. The molecule has 3 saturated heterocycles. The predicted octanol–water partition coefficient (Wildman–Crippen LogP) is 2.98. The summed E-state index contributed by atoms with van der Waals surface area (Å²) in [6.45, 7) is 3.80. The molecule has 3 aliphatic heterocycles. The Hall–Kier alpha value is -0.320. The topological polar surface area (TPSA) is 25.4 Å². The minimum absolute atomic E-state index is 0. The molecule has 3 nitrogen and oxygen atoms in total. The maximum atomic E-state index is 6.25. The molecule has 4 heterocycles. The molecular weight excluding hydrogens is 328 g/mol. The van der Waals surface area contributed by atoms with E-state index in [0.717, 1.165) is 28.0 Å². The molecule has 4 bridgehead atoms. The third-order valence-corrected chi connectivity index (χ3v) is 5.09. The summed E-state index contributed by atoms with van der Waals surface area (Å²) < 4.78 is 7.25. The summed E-state index contributed by atoms with van der Waals surface area (Å²) in [5.41, 5.74) is 0. The van der Waals surface area contributed by atoms with E-state index in [1.165, 1.54) is 32.5 Å². The molecule has 5 rings (SSSR count). The summed E-state index contributed by atoms with van der Waals surface area (Å²) >= 11 is 3.45. The number of hydrogen-bond donors (Lipinski definition) is 0. The maximum Gasteiger partial charge on any atom is 0.139 e. The van der Waals surface area contributed by atoms with Gasteiger partial charge in [0.15, 0.2) is 0 Å². The molecule has 2 atom stereocenters. The van der Waals surface area contributed by atoms with E-state index in [2.05, 4.69) is 25.8 Å². The van der Waals surface area contributed by atoms with Crippen LogP contribution < -0.4 is 4.74 Å². The van der Waals surface area contributed by atoms with Gasteiger partial charge in [-0.1, -0.05) is 0 Å². The lowest BCUT2D eigenvalue weighted by atomic mass is 9.66. The summed E-state index contributed by atoms with van der Waals surface area (Å²) in [5.74, 6) is 3.31. The molecule has 4 fully saturated rings. The van der Waals surface area contributed by atoms with Crippen LogP contribution >= 0.6 is 28.3 Å². The van der Waals surface area contributed by atoms with Crippen LogP contribution in [-0.2, 0) is 0 Å². The van der Waals surface area contributed by atoms with E-state index < -0.39 is 0 Å². The van der Waals surface area contributed by atoms with Crippen molar-refractivity contribution in [3.63, 3.8) is 0 Å². The van der Waals surface area contributed by atoms with E-state index in [0.29, 0.717) is 6.10 Å². The van der Waals surface area contributed by atoms with Gasteiger partial charge >= 0.3 is 0 Å². The van der Waals surface area contributed by atoms with Crippen molar-refractivity contribution in [1.82, 2.24) is 9.88 Å². The van der Waals surface area contributed by atoms with Gasteiger partial charge in [0.05, 0.1) is 6.20 Å². The van der Waals surface area contributed by atoms with Crippen molar-refractivity contribution in [2.75, 3.05) is 19.6 Å². The van der Waals surface area contributed by atoms with E-state index in [4.69, 9.17) is 4.74 Å².